The van der Waals surface area contributed by atoms with E-state index in [0.29, 0.717) is 35.5 Å². The van der Waals surface area contributed by atoms with E-state index in [1.165, 1.54) is 9.80 Å². The largest absolute Gasteiger partial charge is 0.455 e. The molecule has 11 heteroatoms. The van der Waals surface area contributed by atoms with Gasteiger partial charge in [0.25, 0.3) is 5.91 Å². The van der Waals surface area contributed by atoms with Crippen molar-refractivity contribution in [3.63, 3.8) is 0 Å². The molecule has 0 aliphatic carbocycles. The molecule has 1 spiro atoms. The maximum absolute atomic E-state index is 14.7. The number of likely N-dealkylation sites (tertiary alicyclic amines) is 1. The van der Waals surface area contributed by atoms with Gasteiger partial charge in [-0.2, -0.15) is 0 Å². The number of nitrogens with zero attached hydrogens (tertiary/aromatic N) is 2. The first-order valence-electron chi connectivity index (χ1n) is 16.1. The quantitative estimate of drug-likeness (QED) is 0.215. The third-order valence-electron chi connectivity index (χ3n) is 9.39. The Morgan fingerprint density at radius 3 is 2.64 bits per heavy atom. The summed E-state index contributed by atoms with van der Waals surface area (Å²) < 4.78 is 12.7. The highest BCUT2D eigenvalue weighted by molar-refractivity contribution is 6.34. The average Bonchev–Trinajstić information content (AvgIpc) is 3.71. The van der Waals surface area contributed by atoms with Crippen LogP contribution in [0.4, 0.5) is 5.69 Å². The SMILES string of the molecule is C=CCCC(=O)NC[C@H](OC(=O)[C@@H]1[C@H]2C(=O)N(CCCO)[C@H](C(=O)N(CC=C)c3c(C)cccc3Cl)[C@]23CC[C@H]1O3)c1ccccc1. The third-order valence-corrected chi connectivity index (χ3v) is 9.69. The highest BCUT2D eigenvalue weighted by Crippen LogP contribution is 2.59. The number of amides is 3. The minimum Gasteiger partial charge on any atom is -0.455 e. The van der Waals surface area contributed by atoms with E-state index in [1.54, 1.807) is 24.3 Å². The van der Waals surface area contributed by atoms with Gasteiger partial charge < -0.3 is 29.7 Å². The van der Waals surface area contributed by atoms with Gasteiger partial charge in [0, 0.05) is 26.1 Å². The first-order valence-corrected chi connectivity index (χ1v) is 16.5. The van der Waals surface area contributed by atoms with Crippen molar-refractivity contribution in [1.29, 1.82) is 0 Å². The van der Waals surface area contributed by atoms with Crippen molar-refractivity contribution in [3.05, 3.63) is 90.0 Å². The molecular formula is C36H42ClN3O7. The fraction of sp³-hybridized carbons (Fsp3) is 0.444. The van der Waals surface area contributed by atoms with E-state index in [2.05, 4.69) is 18.5 Å². The van der Waals surface area contributed by atoms with Crippen LogP contribution in [0.3, 0.4) is 0 Å². The fourth-order valence-electron chi connectivity index (χ4n) is 7.36. The number of anilines is 1. The number of allylic oxidation sites excluding steroid dienone is 1. The highest BCUT2D eigenvalue weighted by atomic mass is 35.5. The number of hydrogen-bond acceptors (Lipinski definition) is 7. The predicted molar refractivity (Wildman–Crippen MR) is 177 cm³/mol. The molecule has 0 aromatic heterocycles. The summed E-state index contributed by atoms with van der Waals surface area (Å²) >= 11 is 6.62. The number of carbonyl (C=O) groups is 4. The van der Waals surface area contributed by atoms with Crippen molar-refractivity contribution in [2.75, 3.05) is 31.1 Å². The minimum absolute atomic E-state index is 0.0468. The smallest absolute Gasteiger partial charge is 0.313 e. The van der Waals surface area contributed by atoms with Gasteiger partial charge >= 0.3 is 5.97 Å². The molecule has 2 N–H and O–H groups in total. The highest BCUT2D eigenvalue weighted by Gasteiger charge is 2.75. The molecule has 6 atom stereocenters. The molecule has 2 aromatic carbocycles. The van der Waals surface area contributed by atoms with Crippen molar-refractivity contribution in [3.8, 4) is 0 Å². The summed E-state index contributed by atoms with van der Waals surface area (Å²) in [7, 11) is 0. The van der Waals surface area contributed by atoms with Crippen molar-refractivity contribution < 1.29 is 33.8 Å². The van der Waals surface area contributed by atoms with Crippen LogP contribution in [0.15, 0.2) is 73.8 Å². The topological polar surface area (TPSA) is 125 Å². The van der Waals surface area contributed by atoms with Crippen LogP contribution in [0.25, 0.3) is 0 Å². The summed E-state index contributed by atoms with van der Waals surface area (Å²) in [4.78, 5) is 58.5. The molecule has 0 unspecified atom stereocenters. The molecule has 3 heterocycles. The monoisotopic (exact) mass is 663 g/mol. The lowest BCUT2D eigenvalue weighted by Gasteiger charge is -2.37. The summed E-state index contributed by atoms with van der Waals surface area (Å²) in [5.41, 5.74) is 0.704. The van der Waals surface area contributed by atoms with E-state index >= 15 is 0 Å². The summed E-state index contributed by atoms with van der Waals surface area (Å²) in [5.74, 6) is -3.52. The predicted octanol–water partition coefficient (Wildman–Crippen LogP) is 4.29. The fourth-order valence-corrected chi connectivity index (χ4v) is 7.68. The number of aryl methyl sites for hydroxylation is 1. The Morgan fingerprint density at radius 2 is 1.96 bits per heavy atom. The average molecular weight is 664 g/mol. The Balaban J connectivity index is 1.46. The summed E-state index contributed by atoms with van der Waals surface area (Å²) in [6, 6.07) is 13.4. The number of aliphatic hydroxyl groups excluding tert-OH is 1. The second-order valence-corrected chi connectivity index (χ2v) is 12.7. The van der Waals surface area contributed by atoms with Gasteiger partial charge in [0.2, 0.25) is 11.8 Å². The lowest BCUT2D eigenvalue weighted by molar-refractivity contribution is -0.160. The summed E-state index contributed by atoms with van der Waals surface area (Å²) in [5, 5.41) is 12.9. The molecule has 47 heavy (non-hydrogen) atoms. The molecule has 250 valence electrons. The zero-order valence-corrected chi connectivity index (χ0v) is 27.4. The minimum atomic E-state index is -1.27. The number of fused-ring (bicyclic) bond motifs is 1. The lowest BCUT2D eigenvalue weighted by Crippen LogP contribution is -2.56. The normalized spacial score (nSPS) is 24.8. The van der Waals surface area contributed by atoms with Crippen LogP contribution in [0.2, 0.25) is 5.02 Å². The number of esters is 1. The first-order chi connectivity index (χ1) is 22.7. The van der Waals surface area contributed by atoms with Crippen LogP contribution in [0.1, 0.15) is 49.3 Å². The number of hydrogen-bond donors (Lipinski definition) is 2. The van der Waals surface area contributed by atoms with Gasteiger partial charge in [0.05, 0.1) is 35.2 Å². The van der Waals surface area contributed by atoms with Gasteiger partial charge in [-0.05, 0) is 49.8 Å². The number of carbonyl (C=O) groups excluding carboxylic acids is 4. The van der Waals surface area contributed by atoms with E-state index < -0.39 is 47.6 Å². The number of nitrogens with one attached hydrogen (secondary N) is 1. The van der Waals surface area contributed by atoms with Crippen LogP contribution < -0.4 is 10.2 Å². The Kier molecular flexibility index (Phi) is 10.8. The standard InChI is InChI=1S/C36H42ClN3O7/c1-4-6-16-28(42)38-22-27(24-13-8-7-9-14-24)46-35(45)29-26-17-18-36(47-26)30(29)33(43)40(20-11-21-41)32(36)34(44)39(19-5-2)31-23(3)12-10-15-25(31)37/h4-5,7-10,12-15,26-27,29-30,32,41H,1-2,6,11,16-22H2,3H3,(H,38,42)/t26-,27+,29+,30+,32-,36+/m1/s1. The van der Waals surface area contributed by atoms with Gasteiger partial charge in [-0.15, -0.1) is 13.2 Å². The molecule has 0 radical (unpaired) electrons. The van der Waals surface area contributed by atoms with E-state index in [4.69, 9.17) is 21.1 Å². The van der Waals surface area contributed by atoms with Gasteiger partial charge in [-0.1, -0.05) is 66.2 Å². The van der Waals surface area contributed by atoms with Gasteiger partial charge in [-0.25, -0.2) is 0 Å². The molecule has 3 amide bonds. The molecule has 3 aliphatic rings. The van der Waals surface area contributed by atoms with Crippen LogP contribution >= 0.6 is 11.6 Å². The third kappa shape index (κ3) is 6.59. The van der Waals surface area contributed by atoms with Crippen molar-refractivity contribution in [2.24, 2.45) is 11.8 Å². The summed E-state index contributed by atoms with van der Waals surface area (Å²) in [6.45, 7) is 9.44. The Bertz CT molecular complexity index is 1500. The zero-order valence-electron chi connectivity index (χ0n) is 26.6. The van der Waals surface area contributed by atoms with Gasteiger partial charge in [0.15, 0.2) is 0 Å². The number of benzene rings is 2. The molecule has 0 saturated carbocycles. The molecular weight excluding hydrogens is 622 g/mol. The number of para-hydroxylation sites is 1. The molecule has 2 aromatic rings. The molecule has 3 fully saturated rings. The maximum atomic E-state index is 14.7. The molecule has 2 bridgehead atoms. The summed E-state index contributed by atoms with van der Waals surface area (Å²) in [6.07, 6.45) is 3.69. The zero-order chi connectivity index (χ0) is 33.7. The lowest BCUT2D eigenvalue weighted by atomic mass is 9.70. The van der Waals surface area contributed by atoms with Crippen LogP contribution in [-0.4, -0.2) is 77.7 Å². The number of ether oxygens (including phenoxy) is 2. The van der Waals surface area contributed by atoms with Gasteiger partial charge in [0.1, 0.15) is 17.7 Å². The van der Waals surface area contributed by atoms with Crippen LogP contribution in [0.5, 0.6) is 0 Å². The Hall–Kier alpha value is -3.99. The van der Waals surface area contributed by atoms with Crippen molar-refractivity contribution in [1.82, 2.24) is 10.2 Å². The van der Waals surface area contributed by atoms with Crippen molar-refractivity contribution >= 4 is 41.0 Å². The second kappa shape index (κ2) is 14.8. The van der Waals surface area contributed by atoms with Crippen molar-refractivity contribution in [2.45, 2.75) is 62.9 Å². The van der Waals surface area contributed by atoms with E-state index in [0.717, 1.165) is 5.56 Å². The van der Waals surface area contributed by atoms with E-state index in [-0.39, 0.29) is 50.9 Å². The number of rotatable bonds is 15. The molecule has 10 nitrogen and oxygen atoms in total. The Labute approximate surface area is 280 Å². The molecule has 3 aliphatic heterocycles. The number of aliphatic hydroxyl groups is 1. The van der Waals surface area contributed by atoms with E-state index in [9.17, 15) is 24.3 Å². The maximum Gasteiger partial charge on any atom is 0.313 e. The Morgan fingerprint density at radius 1 is 1.19 bits per heavy atom. The first kappa shape index (κ1) is 34.3. The molecule has 3 saturated heterocycles. The molecule has 5 rings (SSSR count). The van der Waals surface area contributed by atoms with E-state index in [1.807, 2.05) is 43.3 Å². The van der Waals surface area contributed by atoms with Crippen LogP contribution in [-0.2, 0) is 28.7 Å². The van der Waals surface area contributed by atoms with Crippen LogP contribution in [0, 0.1) is 18.8 Å². The number of halogens is 1. The van der Waals surface area contributed by atoms with Gasteiger partial charge in [-0.3, -0.25) is 19.2 Å². The second-order valence-electron chi connectivity index (χ2n) is 12.3.